The monoisotopic (exact) mass is 187 g/mol. The first-order chi connectivity index (χ1) is 5.61. The molecular weight excluding hydrogens is 174 g/mol. The lowest BCUT2D eigenvalue weighted by Crippen LogP contribution is -2.43. The van der Waals surface area contributed by atoms with Gasteiger partial charge in [0.2, 0.25) is 5.91 Å². The molecule has 0 aliphatic carbocycles. The van der Waals surface area contributed by atoms with Crippen LogP contribution < -0.4 is 11.5 Å². The molecule has 0 unspecified atom stereocenters. The fourth-order valence-corrected chi connectivity index (χ4v) is 1.57. The van der Waals surface area contributed by atoms with Gasteiger partial charge in [-0.1, -0.05) is 0 Å². The Kier molecular flexibility index (Phi) is 2.86. The molecule has 0 bridgehead atoms. The van der Waals surface area contributed by atoms with Crippen LogP contribution in [-0.2, 0) is 4.79 Å². The summed E-state index contributed by atoms with van der Waals surface area (Å²) in [7, 11) is 0. The van der Waals surface area contributed by atoms with Gasteiger partial charge in [-0.15, -0.1) is 0 Å². The molecule has 4 N–H and O–H groups in total. The van der Waals surface area contributed by atoms with Crippen molar-refractivity contribution >= 4 is 23.2 Å². The van der Waals surface area contributed by atoms with Gasteiger partial charge in [0.05, 0.1) is 0 Å². The average molecular weight is 187 g/mol. The van der Waals surface area contributed by atoms with E-state index < -0.39 is 0 Å². The van der Waals surface area contributed by atoms with Crippen molar-refractivity contribution in [3.8, 4) is 0 Å². The number of likely N-dealkylation sites (tertiary alicyclic amines) is 1. The normalized spacial score (nSPS) is 19.2. The quantitative estimate of drug-likeness (QED) is 0.539. The second-order valence-corrected chi connectivity index (χ2v) is 3.42. The van der Waals surface area contributed by atoms with E-state index in [2.05, 4.69) is 0 Å². The maximum atomic E-state index is 10.8. The van der Waals surface area contributed by atoms with Crippen LogP contribution >= 0.6 is 12.2 Å². The second kappa shape index (κ2) is 3.71. The van der Waals surface area contributed by atoms with Crippen LogP contribution in [0.15, 0.2) is 0 Å². The smallest absolute Gasteiger partial charge is 0.220 e. The number of carbonyl (C=O) groups excluding carboxylic acids is 1. The van der Waals surface area contributed by atoms with Gasteiger partial charge in [0.25, 0.3) is 0 Å². The first-order valence-corrected chi connectivity index (χ1v) is 4.36. The van der Waals surface area contributed by atoms with Crippen LogP contribution in [0.3, 0.4) is 0 Å². The third kappa shape index (κ3) is 2.07. The molecular formula is C7H13N3OS. The van der Waals surface area contributed by atoms with Gasteiger partial charge in [-0.3, -0.25) is 4.79 Å². The molecule has 68 valence electrons. The number of thiocarbonyl (C=S) groups is 1. The van der Waals surface area contributed by atoms with Gasteiger partial charge >= 0.3 is 0 Å². The van der Waals surface area contributed by atoms with E-state index in [1.165, 1.54) is 0 Å². The second-order valence-electron chi connectivity index (χ2n) is 3.00. The summed E-state index contributed by atoms with van der Waals surface area (Å²) in [5, 5.41) is 0.415. The van der Waals surface area contributed by atoms with E-state index in [4.69, 9.17) is 23.7 Å². The molecule has 4 nitrogen and oxygen atoms in total. The number of hydrogen-bond donors (Lipinski definition) is 2. The number of carbonyl (C=O) groups is 1. The SMILES string of the molecule is NC(=O)C1CCN(C(N)=S)CC1. The molecule has 0 aromatic heterocycles. The molecule has 0 radical (unpaired) electrons. The highest BCUT2D eigenvalue weighted by atomic mass is 32.1. The highest BCUT2D eigenvalue weighted by Gasteiger charge is 2.23. The zero-order chi connectivity index (χ0) is 9.14. The summed E-state index contributed by atoms with van der Waals surface area (Å²) in [6.45, 7) is 1.51. The molecule has 1 fully saturated rings. The summed E-state index contributed by atoms with van der Waals surface area (Å²) in [6, 6.07) is 0. The van der Waals surface area contributed by atoms with Crippen molar-refractivity contribution in [1.29, 1.82) is 0 Å². The lowest BCUT2D eigenvalue weighted by atomic mass is 9.97. The summed E-state index contributed by atoms with van der Waals surface area (Å²) in [5.74, 6) is -0.201. The maximum absolute atomic E-state index is 10.8. The van der Waals surface area contributed by atoms with E-state index >= 15 is 0 Å². The molecule has 1 aliphatic rings. The molecule has 1 amide bonds. The van der Waals surface area contributed by atoms with Crippen molar-refractivity contribution in [3.63, 3.8) is 0 Å². The van der Waals surface area contributed by atoms with Crippen LogP contribution in [-0.4, -0.2) is 29.0 Å². The number of rotatable bonds is 1. The summed E-state index contributed by atoms with van der Waals surface area (Å²) in [5.41, 5.74) is 10.6. The fraction of sp³-hybridized carbons (Fsp3) is 0.714. The Hall–Kier alpha value is -0.840. The van der Waals surface area contributed by atoms with Crippen LogP contribution in [0.1, 0.15) is 12.8 Å². The van der Waals surface area contributed by atoms with E-state index in [-0.39, 0.29) is 11.8 Å². The molecule has 0 spiro atoms. The molecule has 0 aromatic carbocycles. The highest BCUT2D eigenvalue weighted by Crippen LogP contribution is 2.15. The maximum Gasteiger partial charge on any atom is 0.220 e. The Morgan fingerprint density at radius 3 is 2.17 bits per heavy atom. The van der Waals surface area contributed by atoms with E-state index in [0.717, 1.165) is 25.9 Å². The lowest BCUT2D eigenvalue weighted by Gasteiger charge is -2.30. The minimum Gasteiger partial charge on any atom is -0.376 e. The number of primary amides is 1. The van der Waals surface area contributed by atoms with Crippen molar-refractivity contribution in [1.82, 2.24) is 4.90 Å². The Bertz CT molecular complexity index is 177. The van der Waals surface area contributed by atoms with Crippen LogP contribution in [0.5, 0.6) is 0 Å². The molecule has 1 aliphatic heterocycles. The summed E-state index contributed by atoms with van der Waals surface area (Å²) < 4.78 is 0. The van der Waals surface area contributed by atoms with Gasteiger partial charge in [0.1, 0.15) is 0 Å². The van der Waals surface area contributed by atoms with E-state index in [0.29, 0.717) is 5.11 Å². The Morgan fingerprint density at radius 1 is 1.33 bits per heavy atom. The zero-order valence-corrected chi connectivity index (χ0v) is 7.64. The minimum absolute atomic E-state index is 0.00981. The third-order valence-corrected chi connectivity index (χ3v) is 2.47. The topological polar surface area (TPSA) is 72.4 Å². The lowest BCUT2D eigenvalue weighted by molar-refractivity contribution is -0.122. The molecule has 1 rings (SSSR count). The predicted octanol–water partition coefficient (Wildman–Crippen LogP) is -0.573. The molecule has 0 atom stereocenters. The largest absolute Gasteiger partial charge is 0.376 e. The third-order valence-electron chi connectivity index (χ3n) is 2.21. The first kappa shape index (κ1) is 9.25. The number of nitrogens with zero attached hydrogens (tertiary/aromatic N) is 1. The number of hydrogen-bond acceptors (Lipinski definition) is 2. The Labute approximate surface area is 76.9 Å². The molecule has 0 saturated carbocycles. The molecule has 0 aromatic rings. The van der Waals surface area contributed by atoms with E-state index in [1.807, 2.05) is 4.90 Å². The van der Waals surface area contributed by atoms with Crippen LogP contribution in [0.25, 0.3) is 0 Å². The van der Waals surface area contributed by atoms with Crippen LogP contribution in [0.4, 0.5) is 0 Å². The van der Waals surface area contributed by atoms with Gasteiger partial charge in [0.15, 0.2) is 5.11 Å². The standard InChI is InChI=1S/C7H13N3OS/c8-6(11)5-1-3-10(4-2-5)7(9)12/h5H,1-4H2,(H2,8,11)(H2,9,12). The Balaban J connectivity index is 2.39. The molecule has 1 heterocycles. The van der Waals surface area contributed by atoms with Gasteiger partial charge in [-0.25, -0.2) is 0 Å². The van der Waals surface area contributed by atoms with Crippen molar-refractivity contribution in [2.75, 3.05) is 13.1 Å². The van der Waals surface area contributed by atoms with Crippen molar-refractivity contribution in [2.45, 2.75) is 12.8 Å². The van der Waals surface area contributed by atoms with Crippen LogP contribution in [0, 0.1) is 5.92 Å². The molecule has 5 heteroatoms. The molecule has 12 heavy (non-hydrogen) atoms. The molecule has 1 saturated heterocycles. The van der Waals surface area contributed by atoms with Gasteiger partial charge in [0, 0.05) is 19.0 Å². The van der Waals surface area contributed by atoms with Gasteiger partial charge < -0.3 is 16.4 Å². The summed E-state index contributed by atoms with van der Waals surface area (Å²) >= 11 is 4.81. The number of nitrogens with two attached hydrogens (primary N) is 2. The van der Waals surface area contributed by atoms with Crippen LogP contribution in [0.2, 0.25) is 0 Å². The predicted molar refractivity (Wildman–Crippen MR) is 50.3 cm³/mol. The van der Waals surface area contributed by atoms with E-state index in [9.17, 15) is 4.79 Å². The van der Waals surface area contributed by atoms with Gasteiger partial charge in [-0.05, 0) is 25.1 Å². The minimum atomic E-state index is -0.211. The number of piperidine rings is 1. The fourth-order valence-electron chi connectivity index (χ4n) is 1.38. The van der Waals surface area contributed by atoms with E-state index in [1.54, 1.807) is 0 Å². The average Bonchev–Trinajstić information content (AvgIpc) is 2.04. The highest BCUT2D eigenvalue weighted by molar-refractivity contribution is 7.80. The zero-order valence-electron chi connectivity index (χ0n) is 6.82. The number of amides is 1. The summed E-state index contributed by atoms with van der Waals surface area (Å²) in [6.07, 6.45) is 1.54. The summed E-state index contributed by atoms with van der Waals surface area (Å²) in [4.78, 5) is 12.7. The van der Waals surface area contributed by atoms with Crippen molar-refractivity contribution in [2.24, 2.45) is 17.4 Å². The Morgan fingerprint density at radius 2 is 1.83 bits per heavy atom. The van der Waals surface area contributed by atoms with Gasteiger partial charge in [-0.2, -0.15) is 0 Å². The van der Waals surface area contributed by atoms with Crippen molar-refractivity contribution in [3.05, 3.63) is 0 Å². The van der Waals surface area contributed by atoms with Crippen molar-refractivity contribution < 1.29 is 4.79 Å². The first-order valence-electron chi connectivity index (χ1n) is 3.95.